The third kappa shape index (κ3) is 6.06. The molecule has 0 radical (unpaired) electrons. The molecule has 0 bridgehead atoms. The fourth-order valence-corrected chi connectivity index (χ4v) is 2.20. The standard InChI is InChI=1S/C16H28N2/c1-4-9-15(2)14-17-12-8-13-18(3)16-10-6-5-7-11-16/h5-7,10-11,15,17H,4,8-9,12-14H2,1-3H3. The lowest BCUT2D eigenvalue weighted by molar-refractivity contribution is 0.473. The van der Waals surface area contributed by atoms with Gasteiger partial charge in [0.05, 0.1) is 0 Å². The Kier molecular flexibility index (Phi) is 7.51. The number of anilines is 1. The van der Waals surface area contributed by atoms with E-state index in [1.165, 1.54) is 24.9 Å². The van der Waals surface area contributed by atoms with Crippen LogP contribution < -0.4 is 10.2 Å². The minimum absolute atomic E-state index is 0.807. The van der Waals surface area contributed by atoms with Gasteiger partial charge in [-0.25, -0.2) is 0 Å². The zero-order chi connectivity index (χ0) is 13.2. The number of hydrogen-bond acceptors (Lipinski definition) is 2. The molecule has 0 heterocycles. The Morgan fingerprint density at radius 1 is 1.22 bits per heavy atom. The summed E-state index contributed by atoms with van der Waals surface area (Å²) < 4.78 is 0. The van der Waals surface area contributed by atoms with Crippen molar-refractivity contribution in [2.45, 2.75) is 33.1 Å². The van der Waals surface area contributed by atoms with Gasteiger partial charge >= 0.3 is 0 Å². The Bertz CT molecular complexity index is 297. The summed E-state index contributed by atoms with van der Waals surface area (Å²) in [6, 6.07) is 10.6. The number of para-hydroxylation sites is 1. The van der Waals surface area contributed by atoms with E-state index < -0.39 is 0 Å². The number of benzene rings is 1. The molecule has 0 spiro atoms. The highest BCUT2D eigenvalue weighted by molar-refractivity contribution is 5.44. The highest BCUT2D eigenvalue weighted by Crippen LogP contribution is 2.10. The molecule has 18 heavy (non-hydrogen) atoms. The average Bonchev–Trinajstić information content (AvgIpc) is 2.39. The van der Waals surface area contributed by atoms with E-state index in [0.717, 1.165) is 25.6 Å². The van der Waals surface area contributed by atoms with Crippen molar-refractivity contribution in [1.29, 1.82) is 0 Å². The lowest BCUT2D eigenvalue weighted by atomic mass is 10.1. The van der Waals surface area contributed by atoms with Crippen LogP contribution in [0.4, 0.5) is 5.69 Å². The first-order valence-electron chi connectivity index (χ1n) is 7.21. The SMILES string of the molecule is CCCC(C)CNCCCN(C)c1ccccc1. The van der Waals surface area contributed by atoms with Crippen LogP contribution in [0.5, 0.6) is 0 Å². The smallest absolute Gasteiger partial charge is 0.0363 e. The molecule has 0 aliphatic heterocycles. The van der Waals surface area contributed by atoms with E-state index in [1.54, 1.807) is 0 Å². The van der Waals surface area contributed by atoms with Gasteiger partial charge in [-0.1, -0.05) is 38.5 Å². The normalized spacial score (nSPS) is 12.4. The first-order chi connectivity index (χ1) is 8.74. The van der Waals surface area contributed by atoms with Crippen LogP contribution in [0.1, 0.15) is 33.1 Å². The Balaban J connectivity index is 2.08. The summed E-state index contributed by atoms with van der Waals surface area (Å²) in [4.78, 5) is 2.32. The first-order valence-corrected chi connectivity index (χ1v) is 7.21. The van der Waals surface area contributed by atoms with Crippen LogP contribution in [0, 0.1) is 5.92 Å². The molecule has 0 aliphatic rings. The summed E-state index contributed by atoms with van der Waals surface area (Å²) in [5, 5.41) is 3.55. The first kappa shape index (κ1) is 15.0. The summed E-state index contributed by atoms with van der Waals surface area (Å²) in [5.41, 5.74) is 1.30. The fourth-order valence-electron chi connectivity index (χ4n) is 2.20. The number of rotatable bonds is 9. The minimum atomic E-state index is 0.807. The van der Waals surface area contributed by atoms with Gasteiger partial charge in [0, 0.05) is 19.3 Å². The second-order valence-corrected chi connectivity index (χ2v) is 5.21. The Morgan fingerprint density at radius 2 is 1.94 bits per heavy atom. The second-order valence-electron chi connectivity index (χ2n) is 5.21. The maximum absolute atomic E-state index is 3.55. The molecule has 1 unspecified atom stereocenters. The molecule has 0 saturated carbocycles. The van der Waals surface area contributed by atoms with Crippen molar-refractivity contribution in [3.05, 3.63) is 30.3 Å². The lowest BCUT2D eigenvalue weighted by Gasteiger charge is -2.19. The van der Waals surface area contributed by atoms with E-state index in [2.05, 4.69) is 61.4 Å². The molecule has 0 aliphatic carbocycles. The van der Waals surface area contributed by atoms with E-state index in [-0.39, 0.29) is 0 Å². The minimum Gasteiger partial charge on any atom is -0.375 e. The molecule has 2 heteroatoms. The van der Waals surface area contributed by atoms with Gasteiger partial charge in [0.1, 0.15) is 0 Å². The van der Waals surface area contributed by atoms with Crippen molar-refractivity contribution in [3.63, 3.8) is 0 Å². The van der Waals surface area contributed by atoms with Crippen molar-refractivity contribution in [3.8, 4) is 0 Å². The van der Waals surface area contributed by atoms with Gasteiger partial charge in [-0.05, 0) is 44.0 Å². The Labute approximate surface area is 112 Å². The van der Waals surface area contributed by atoms with Crippen molar-refractivity contribution in [2.24, 2.45) is 5.92 Å². The van der Waals surface area contributed by atoms with Gasteiger partial charge in [0.2, 0.25) is 0 Å². The maximum atomic E-state index is 3.55. The van der Waals surface area contributed by atoms with Crippen LogP contribution in [0.2, 0.25) is 0 Å². The summed E-state index contributed by atoms with van der Waals surface area (Å²) in [6.45, 7) is 7.96. The van der Waals surface area contributed by atoms with Crippen LogP contribution in [0.3, 0.4) is 0 Å². The molecule has 1 aromatic carbocycles. The van der Waals surface area contributed by atoms with Crippen LogP contribution in [-0.4, -0.2) is 26.7 Å². The van der Waals surface area contributed by atoms with Crippen molar-refractivity contribution >= 4 is 5.69 Å². The quantitative estimate of drug-likeness (QED) is 0.672. The molecule has 0 fully saturated rings. The van der Waals surface area contributed by atoms with Gasteiger partial charge in [0.15, 0.2) is 0 Å². The molecular formula is C16H28N2. The molecule has 1 rings (SSSR count). The monoisotopic (exact) mass is 248 g/mol. The third-order valence-electron chi connectivity index (χ3n) is 3.32. The molecule has 2 nitrogen and oxygen atoms in total. The van der Waals surface area contributed by atoms with Crippen LogP contribution in [0.15, 0.2) is 30.3 Å². The van der Waals surface area contributed by atoms with E-state index >= 15 is 0 Å². The van der Waals surface area contributed by atoms with Gasteiger partial charge in [-0.3, -0.25) is 0 Å². The van der Waals surface area contributed by atoms with Gasteiger partial charge in [0.25, 0.3) is 0 Å². The Morgan fingerprint density at radius 3 is 2.61 bits per heavy atom. The van der Waals surface area contributed by atoms with E-state index in [0.29, 0.717) is 0 Å². The number of nitrogens with one attached hydrogen (secondary N) is 1. The predicted molar refractivity (Wildman–Crippen MR) is 81.3 cm³/mol. The van der Waals surface area contributed by atoms with Crippen LogP contribution in [0.25, 0.3) is 0 Å². The van der Waals surface area contributed by atoms with Crippen LogP contribution in [-0.2, 0) is 0 Å². The largest absolute Gasteiger partial charge is 0.375 e. The van der Waals surface area contributed by atoms with E-state index in [1.807, 2.05) is 0 Å². The molecule has 1 aromatic rings. The molecule has 102 valence electrons. The second kappa shape index (κ2) is 8.98. The number of nitrogens with zero attached hydrogens (tertiary/aromatic N) is 1. The molecule has 1 atom stereocenters. The van der Waals surface area contributed by atoms with Crippen molar-refractivity contribution in [2.75, 3.05) is 31.6 Å². The third-order valence-corrected chi connectivity index (χ3v) is 3.32. The van der Waals surface area contributed by atoms with E-state index in [9.17, 15) is 0 Å². The fraction of sp³-hybridized carbons (Fsp3) is 0.625. The summed E-state index contributed by atoms with van der Waals surface area (Å²) in [6.07, 6.45) is 3.82. The van der Waals surface area contributed by atoms with E-state index in [4.69, 9.17) is 0 Å². The van der Waals surface area contributed by atoms with Gasteiger partial charge in [-0.15, -0.1) is 0 Å². The summed E-state index contributed by atoms with van der Waals surface area (Å²) in [7, 11) is 2.16. The highest BCUT2D eigenvalue weighted by atomic mass is 15.1. The molecule has 0 saturated heterocycles. The van der Waals surface area contributed by atoms with Crippen molar-refractivity contribution < 1.29 is 0 Å². The zero-order valence-electron chi connectivity index (χ0n) is 12.2. The van der Waals surface area contributed by atoms with Crippen LogP contribution >= 0.6 is 0 Å². The molecular weight excluding hydrogens is 220 g/mol. The predicted octanol–water partition coefficient (Wildman–Crippen LogP) is 3.54. The average molecular weight is 248 g/mol. The maximum Gasteiger partial charge on any atom is 0.0363 e. The van der Waals surface area contributed by atoms with Crippen molar-refractivity contribution in [1.82, 2.24) is 5.32 Å². The lowest BCUT2D eigenvalue weighted by Crippen LogP contribution is -2.26. The summed E-state index contributed by atoms with van der Waals surface area (Å²) >= 11 is 0. The van der Waals surface area contributed by atoms with Gasteiger partial charge < -0.3 is 10.2 Å². The number of hydrogen-bond donors (Lipinski definition) is 1. The molecule has 1 N–H and O–H groups in total. The molecule has 0 aromatic heterocycles. The topological polar surface area (TPSA) is 15.3 Å². The zero-order valence-corrected chi connectivity index (χ0v) is 12.2. The van der Waals surface area contributed by atoms with Gasteiger partial charge in [-0.2, -0.15) is 0 Å². The highest BCUT2D eigenvalue weighted by Gasteiger charge is 2.01. The Hall–Kier alpha value is -1.02. The summed E-state index contributed by atoms with van der Waals surface area (Å²) in [5.74, 6) is 0.807. The molecule has 0 amide bonds.